The summed E-state index contributed by atoms with van der Waals surface area (Å²) in [6, 6.07) is 18.4. The van der Waals surface area contributed by atoms with Crippen LogP contribution in [0.4, 0.5) is 0 Å². The number of thiophene rings is 1. The lowest BCUT2D eigenvalue weighted by molar-refractivity contribution is 1.07. The summed E-state index contributed by atoms with van der Waals surface area (Å²) in [5, 5.41) is 0. The molecule has 0 N–H and O–H groups in total. The number of pyridine rings is 2. The minimum atomic E-state index is 0.859. The first kappa shape index (κ1) is 14.3. The van der Waals surface area contributed by atoms with Crippen LogP contribution in [0.1, 0.15) is 5.56 Å². The monoisotopic (exact) mass is 342 g/mol. The largest absolute Gasteiger partial charge is 0.288 e. The van der Waals surface area contributed by atoms with Crippen LogP contribution in [-0.4, -0.2) is 19.5 Å². The topological polar surface area (TPSA) is 43.6 Å². The van der Waals surface area contributed by atoms with Gasteiger partial charge in [0.1, 0.15) is 21.6 Å². The molecular formula is C20H14N4S. The number of imidazole rings is 1. The SMILES string of the molecule is Cc1cccnc1-c1nc2sc3cccnc3c2n1-c1ccccc1. The van der Waals surface area contributed by atoms with E-state index in [1.165, 1.54) is 0 Å². The molecule has 0 bridgehead atoms. The summed E-state index contributed by atoms with van der Waals surface area (Å²) in [4.78, 5) is 15.1. The number of aryl methyl sites for hydroxylation is 1. The molecule has 0 saturated heterocycles. The molecule has 0 fully saturated rings. The second-order valence-electron chi connectivity index (χ2n) is 5.88. The number of nitrogens with zero attached hydrogens (tertiary/aromatic N) is 4. The van der Waals surface area contributed by atoms with Crippen LogP contribution in [-0.2, 0) is 0 Å². The Morgan fingerprint density at radius 2 is 1.68 bits per heavy atom. The number of rotatable bonds is 2. The van der Waals surface area contributed by atoms with E-state index in [9.17, 15) is 0 Å². The maximum atomic E-state index is 4.94. The molecule has 120 valence electrons. The summed E-state index contributed by atoms with van der Waals surface area (Å²) in [7, 11) is 0. The van der Waals surface area contributed by atoms with Gasteiger partial charge in [-0.3, -0.25) is 14.5 Å². The highest BCUT2D eigenvalue weighted by Gasteiger charge is 2.21. The van der Waals surface area contributed by atoms with E-state index in [0.29, 0.717) is 0 Å². The molecule has 0 aliphatic rings. The van der Waals surface area contributed by atoms with E-state index >= 15 is 0 Å². The van der Waals surface area contributed by atoms with Gasteiger partial charge in [0, 0.05) is 18.1 Å². The van der Waals surface area contributed by atoms with Crippen molar-refractivity contribution >= 4 is 31.9 Å². The van der Waals surface area contributed by atoms with Crippen molar-refractivity contribution in [2.75, 3.05) is 0 Å². The minimum Gasteiger partial charge on any atom is -0.288 e. The molecule has 1 aromatic carbocycles. The Kier molecular flexibility index (Phi) is 3.15. The Morgan fingerprint density at radius 3 is 2.52 bits per heavy atom. The minimum absolute atomic E-state index is 0.859. The van der Waals surface area contributed by atoms with Crippen LogP contribution in [0.2, 0.25) is 0 Å². The number of hydrogen-bond donors (Lipinski definition) is 0. The van der Waals surface area contributed by atoms with E-state index in [2.05, 4.69) is 45.7 Å². The molecule has 0 atom stereocenters. The highest BCUT2D eigenvalue weighted by Crippen LogP contribution is 2.37. The maximum Gasteiger partial charge on any atom is 0.165 e. The van der Waals surface area contributed by atoms with E-state index < -0.39 is 0 Å². The van der Waals surface area contributed by atoms with Crippen LogP contribution in [0.25, 0.3) is 37.8 Å². The maximum absolute atomic E-state index is 4.94. The fraction of sp³-hybridized carbons (Fsp3) is 0.0500. The molecule has 0 spiro atoms. The molecule has 5 aromatic rings. The smallest absolute Gasteiger partial charge is 0.165 e. The van der Waals surface area contributed by atoms with Crippen molar-refractivity contribution in [2.24, 2.45) is 0 Å². The number of fused-ring (bicyclic) bond motifs is 3. The molecule has 4 heterocycles. The first-order valence-electron chi connectivity index (χ1n) is 8.06. The van der Waals surface area contributed by atoms with Crippen molar-refractivity contribution < 1.29 is 0 Å². The highest BCUT2D eigenvalue weighted by atomic mass is 32.1. The molecule has 5 rings (SSSR count). The van der Waals surface area contributed by atoms with Gasteiger partial charge >= 0.3 is 0 Å². The summed E-state index contributed by atoms with van der Waals surface area (Å²) in [6.07, 6.45) is 3.65. The highest BCUT2D eigenvalue weighted by molar-refractivity contribution is 7.25. The zero-order chi connectivity index (χ0) is 16.8. The van der Waals surface area contributed by atoms with Gasteiger partial charge in [-0.05, 0) is 42.8 Å². The van der Waals surface area contributed by atoms with Gasteiger partial charge in [-0.1, -0.05) is 24.3 Å². The zero-order valence-electron chi connectivity index (χ0n) is 13.5. The van der Waals surface area contributed by atoms with Gasteiger partial charge in [-0.15, -0.1) is 11.3 Å². The molecule has 25 heavy (non-hydrogen) atoms. The van der Waals surface area contributed by atoms with Gasteiger partial charge in [0.15, 0.2) is 5.82 Å². The molecule has 0 amide bonds. The van der Waals surface area contributed by atoms with Gasteiger partial charge in [0.2, 0.25) is 0 Å². The third-order valence-corrected chi connectivity index (χ3v) is 5.31. The molecule has 5 heteroatoms. The number of aromatic nitrogens is 4. The quantitative estimate of drug-likeness (QED) is 0.453. The second-order valence-corrected chi connectivity index (χ2v) is 6.91. The lowest BCUT2D eigenvalue weighted by Gasteiger charge is -2.10. The standard InChI is InChI=1S/C20H14N4S/c1-13-7-5-11-21-16(13)19-23-20-18(17-15(25-20)10-6-12-22-17)24(19)14-8-3-2-4-9-14/h2-12H,1H3. The van der Waals surface area contributed by atoms with Gasteiger partial charge < -0.3 is 0 Å². The third-order valence-electron chi connectivity index (χ3n) is 4.28. The zero-order valence-corrected chi connectivity index (χ0v) is 14.4. The van der Waals surface area contributed by atoms with Gasteiger partial charge in [0.05, 0.1) is 4.70 Å². The predicted molar refractivity (Wildman–Crippen MR) is 102 cm³/mol. The van der Waals surface area contributed by atoms with E-state index in [-0.39, 0.29) is 0 Å². The number of hydrogen-bond acceptors (Lipinski definition) is 4. The Labute approximate surface area is 148 Å². The van der Waals surface area contributed by atoms with Gasteiger partial charge in [-0.2, -0.15) is 0 Å². The Morgan fingerprint density at radius 1 is 0.880 bits per heavy atom. The van der Waals surface area contributed by atoms with Crippen molar-refractivity contribution in [3.8, 4) is 17.2 Å². The van der Waals surface area contributed by atoms with Gasteiger partial charge in [0.25, 0.3) is 0 Å². The van der Waals surface area contributed by atoms with E-state index in [1.807, 2.05) is 42.7 Å². The van der Waals surface area contributed by atoms with Crippen LogP contribution in [0, 0.1) is 6.92 Å². The lowest BCUT2D eigenvalue weighted by atomic mass is 10.2. The fourth-order valence-electron chi connectivity index (χ4n) is 3.14. The molecule has 0 aliphatic heterocycles. The van der Waals surface area contributed by atoms with Crippen molar-refractivity contribution in [3.05, 3.63) is 72.6 Å². The normalized spacial score (nSPS) is 11.4. The lowest BCUT2D eigenvalue weighted by Crippen LogP contribution is -2.00. The average Bonchev–Trinajstić information content (AvgIpc) is 3.18. The van der Waals surface area contributed by atoms with Crippen LogP contribution < -0.4 is 0 Å². The van der Waals surface area contributed by atoms with Crippen molar-refractivity contribution in [1.82, 2.24) is 19.5 Å². The van der Waals surface area contributed by atoms with Crippen molar-refractivity contribution in [2.45, 2.75) is 6.92 Å². The van der Waals surface area contributed by atoms with E-state index in [4.69, 9.17) is 4.98 Å². The molecular weight excluding hydrogens is 328 g/mol. The molecule has 4 aromatic heterocycles. The van der Waals surface area contributed by atoms with E-state index in [1.54, 1.807) is 11.3 Å². The summed E-state index contributed by atoms with van der Waals surface area (Å²) < 4.78 is 3.32. The summed E-state index contributed by atoms with van der Waals surface area (Å²) in [6.45, 7) is 2.07. The Balaban J connectivity index is 1.94. The summed E-state index contributed by atoms with van der Waals surface area (Å²) in [5.41, 5.74) is 5.11. The Bertz CT molecular complexity index is 1200. The van der Waals surface area contributed by atoms with Crippen LogP contribution >= 0.6 is 11.3 Å². The average molecular weight is 342 g/mol. The third kappa shape index (κ3) is 2.16. The van der Waals surface area contributed by atoms with Crippen LogP contribution in [0.3, 0.4) is 0 Å². The van der Waals surface area contributed by atoms with Crippen molar-refractivity contribution in [1.29, 1.82) is 0 Å². The molecule has 0 unspecified atom stereocenters. The molecule has 0 aliphatic carbocycles. The van der Waals surface area contributed by atoms with Crippen LogP contribution in [0.15, 0.2) is 67.0 Å². The summed E-state index contributed by atoms with van der Waals surface area (Å²) in [5.74, 6) is 0.859. The van der Waals surface area contributed by atoms with Crippen molar-refractivity contribution in [3.63, 3.8) is 0 Å². The number of para-hydroxylation sites is 1. The van der Waals surface area contributed by atoms with E-state index in [0.717, 1.165) is 43.3 Å². The predicted octanol–water partition coefficient (Wildman–Crippen LogP) is 5.01. The van der Waals surface area contributed by atoms with Gasteiger partial charge in [-0.25, -0.2) is 4.98 Å². The molecule has 0 radical (unpaired) electrons. The first-order chi connectivity index (χ1) is 12.3. The first-order valence-corrected chi connectivity index (χ1v) is 8.88. The number of benzene rings is 1. The second kappa shape index (κ2) is 5.50. The molecule has 0 saturated carbocycles. The molecule has 4 nitrogen and oxygen atoms in total. The summed E-state index contributed by atoms with van der Waals surface area (Å²) >= 11 is 1.67. The fourth-order valence-corrected chi connectivity index (χ4v) is 4.16. The van der Waals surface area contributed by atoms with Crippen LogP contribution in [0.5, 0.6) is 0 Å². The Hall–Kier alpha value is -3.05.